The minimum Gasteiger partial charge on any atom is -0.355 e. The SMILES string of the molecule is CCCCN=C(NN)NCCc1ccncc1. The van der Waals surface area contributed by atoms with Crippen molar-refractivity contribution in [2.24, 2.45) is 10.8 Å². The van der Waals surface area contributed by atoms with Crippen molar-refractivity contribution in [3.63, 3.8) is 0 Å². The summed E-state index contributed by atoms with van der Waals surface area (Å²) in [6, 6.07) is 4.01. The highest BCUT2D eigenvalue weighted by Crippen LogP contribution is 1.95. The third-order valence-corrected chi connectivity index (χ3v) is 2.37. The van der Waals surface area contributed by atoms with E-state index in [0.29, 0.717) is 5.96 Å². The zero-order valence-corrected chi connectivity index (χ0v) is 10.3. The molecule has 17 heavy (non-hydrogen) atoms. The monoisotopic (exact) mass is 235 g/mol. The largest absolute Gasteiger partial charge is 0.355 e. The molecule has 0 saturated carbocycles. The molecule has 0 amide bonds. The molecular weight excluding hydrogens is 214 g/mol. The maximum atomic E-state index is 5.38. The fourth-order valence-corrected chi connectivity index (χ4v) is 1.38. The van der Waals surface area contributed by atoms with Gasteiger partial charge in [-0.1, -0.05) is 13.3 Å². The van der Waals surface area contributed by atoms with Crippen LogP contribution in [0.4, 0.5) is 0 Å². The van der Waals surface area contributed by atoms with Crippen molar-refractivity contribution in [1.82, 2.24) is 15.7 Å². The van der Waals surface area contributed by atoms with E-state index in [9.17, 15) is 0 Å². The average Bonchev–Trinajstić information content (AvgIpc) is 2.38. The van der Waals surface area contributed by atoms with E-state index in [4.69, 9.17) is 5.84 Å². The van der Waals surface area contributed by atoms with Crippen molar-refractivity contribution in [1.29, 1.82) is 0 Å². The van der Waals surface area contributed by atoms with Crippen LogP contribution in [0.2, 0.25) is 0 Å². The number of pyridine rings is 1. The van der Waals surface area contributed by atoms with Gasteiger partial charge < -0.3 is 5.32 Å². The molecule has 0 atom stereocenters. The second-order valence-corrected chi connectivity index (χ2v) is 3.76. The highest BCUT2D eigenvalue weighted by atomic mass is 15.3. The van der Waals surface area contributed by atoms with E-state index < -0.39 is 0 Å². The summed E-state index contributed by atoms with van der Waals surface area (Å²) in [4.78, 5) is 8.30. The number of nitrogens with two attached hydrogens (primary N) is 1. The fraction of sp³-hybridized carbons (Fsp3) is 0.500. The minimum absolute atomic E-state index is 0.660. The average molecular weight is 235 g/mol. The molecule has 1 aromatic rings. The van der Waals surface area contributed by atoms with Gasteiger partial charge in [-0.15, -0.1) is 0 Å². The molecule has 0 aliphatic carbocycles. The van der Waals surface area contributed by atoms with Crippen molar-refractivity contribution in [3.05, 3.63) is 30.1 Å². The topological polar surface area (TPSA) is 75.3 Å². The van der Waals surface area contributed by atoms with Crippen LogP contribution in [0.1, 0.15) is 25.3 Å². The maximum absolute atomic E-state index is 5.38. The lowest BCUT2D eigenvalue weighted by molar-refractivity contribution is 0.770. The van der Waals surface area contributed by atoms with Crippen molar-refractivity contribution >= 4 is 5.96 Å². The Morgan fingerprint density at radius 1 is 1.41 bits per heavy atom. The number of rotatable bonds is 6. The van der Waals surface area contributed by atoms with Gasteiger partial charge in [0, 0.05) is 25.5 Å². The quantitative estimate of drug-likeness (QED) is 0.224. The first-order chi connectivity index (χ1) is 8.36. The highest BCUT2D eigenvalue weighted by Gasteiger charge is 1.95. The van der Waals surface area contributed by atoms with E-state index in [0.717, 1.165) is 32.4 Å². The molecule has 4 N–H and O–H groups in total. The van der Waals surface area contributed by atoms with Crippen LogP contribution in [0.3, 0.4) is 0 Å². The summed E-state index contributed by atoms with van der Waals surface area (Å²) >= 11 is 0. The first-order valence-corrected chi connectivity index (χ1v) is 6.00. The maximum Gasteiger partial charge on any atom is 0.205 e. The van der Waals surface area contributed by atoms with Gasteiger partial charge >= 0.3 is 0 Å². The van der Waals surface area contributed by atoms with Gasteiger partial charge in [0.25, 0.3) is 0 Å². The summed E-state index contributed by atoms with van der Waals surface area (Å²) < 4.78 is 0. The van der Waals surface area contributed by atoms with Gasteiger partial charge in [0.2, 0.25) is 5.96 Å². The van der Waals surface area contributed by atoms with E-state index in [1.165, 1.54) is 5.56 Å². The van der Waals surface area contributed by atoms with Gasteiger partial charge in [0.1, 0.15) is 0 Å². The van der Waals surface area contributed by atoms with Crippen LogP contribution in [0.5, 0.6) is 0 Å². The van der Waals surface area contributed by atoms with Crippen LogP contribution in [0.15, 0.2) is 29.5 Å². The Labute approximate surface area is 103 Å². The third kappa shape index (κ3) is 5.87. The Morgan fingerprint density at radius 2 is 2.18 bits per heavy atom. The highest BCUT2D eigenvalue weighted by molar-refractivity contribution is 5.79. The normalized spacial score (nSPS) is 11.3. The summed E-state index contributed by atoms with van der Waals surface area (Å²) in [5, 5.41) is 3.17. The zero-order valence-electron chi connectivity index (χ0n) is 10.3. The summed E-state index contributed by atoms with van der Waals surface area (Å²) in [5.41, 5.74) is 3.82. The molecule has 5 nitrogen and oxygen atoms in total. The van der Waals surface area contributed by atoms with Crippen LogP contribution in [-0.4, -0.2) is 24.0 Å². The Kier molecular flexibility index (Phi) is 6.74. The van der Waals surface area contributed by atoms with Gasteiger partial charge in [-0.25, -0.2) is 5.84 Å². The first-order valence-electron chi connectivity index (χ1n) is 6.00. The van der Waals surface area contributed by atoms with E-state index in [1.807, 2.05) is 12.1 Å². The molecule has 1 aromatic heterocycles. The number of hydrazine groups is 1. The summed E-state index contributed by atoms with van der Waals surface area (Å²) in [6.07, 6.45) is 6.74. The zero-order chi connectivity index (χ0) is 12.3. The third-order valence-electron chi connectivity index (χ3n) is 2.37. The van der Waals surface area contributed by atoms with Gasteiger partial charge in [-0.3, -0.25) is 15.4 Å². The van der Waals surface area contributed by atoms with Gasteiger partial charge in [0.15, 0.2) is 0 Å². The number of aliphatic imine (C=N–C) groups is 1. The molecule has 5 heteroatoms. The standard InChI is InChI=1S/C12H21N5/c1-2-3-7-15-12(17-13)16-10-6-11-4-8-14-9-5-11/h4-5,8-9H,2-3,6-7,10,13H2,1H3,(H2,15,16,17). The number of nitrogens with one attached hydrogen (secondary N) is 2. The van der Waals surface area contributed by atoms with Crippen LogP contribution >= 0.6 is 0 Å². The summed E-state index contributed by atoms with van der Waals surface area (Å²) in [5.74, 6) is 6.04. The molecule has 0 bridgehead atoms. The van der Waals surface area contributed by atoms with Crippen LogP contribution in [-0.2, 0) is 6.42 Å². The van der Waals surface area contributed by atoms with Crippen LogP contribution < -0.4 is 16.6 Å². The predicted molar refractivity (Wildman–Crippen MR) is 70.5 cm³/mol. The van der Waals surface area contributed by atoms with Crippen molar-refractivity contribution in [2.45, 2.75) is 26.2 Å². The fourth-order valence-electron chi connectivity index (χ4n) is 1.38. The molecule has 1 rings (SSSR count). The summed E-state index contributed by atoms with van der Waals surface area (Å²) in [6.45, 7) is 3.75. The predicted octanol–water partition coefficient (Wildman–Crippen LogP) is 0.833. The number of unbranched alkanes of at least 4 members (excludes halogenated alkanes) is 1. The number of guanidine groups is 1. The van der Waals surface area contributed by atoms with Crippen molar-refractivity contribution < 1.29 is 0 Å². The van der Waals surface area contributed by atoms with Gasteiger partial charge in [0.05, 0.1) is 0 Å². The van der Waals surface area contributed by atoms with E-state index >= 15 is 0 Å². The smallest absolute Gasteiger partial charge is 0.205 e. The van der Waals surface area contributed by atoms with Crippen LogP contribution in [0, 0.1) is 0 Å². The molecular formula is C12H21N5. The molecule has 0 saturated heterocycles. The molecule has 0 aliphatic rings. The lowest BCUT2D eigenvalue weighted by Gasteiger charge is -2.08. The number of hydrogen-bond acceptors (Lipinski definition) is 3. The Balaban J connectivity index is 2.26. The Hall–Kier alpha value is -1.62. The summed E-state index contributed by atoms with van der Waals surface area (Å²) in [7, 11) is 0. The molecule has 94 valence electrons. The van der Waals surface area contributed by atoms with E-state index in [2.05, 4.69) is 27.6 Å². The molecule has 0 spiro atoms. The van der Waals surface area contributed by atoms with Crippen molar-refractivity contribution in [3.8, 4) is 0 Å². The number of nitrogens with zero attached hydrogens (tertiary/aromatic N) is 2. The first kappa shape index (κ1) is 13.4. The van der Waals surface area contributed by atoms with E-state index in [-0.39, 0.29) is 0 Å². The molecule has 1 heterocycles. The lowest BCUT2D eigenvalue weighted by atomic mass is 10.2. The molecule has 0 radical (unpaired) electrons. The number of aromatic nitrogens is 1. The Bertz CT molecular complexity index is 323. The van der Waals surface area contributed by atoms with Gasteiger partial charge in [-0.2, -0.15) is 0 Å². The lowest BCUT2D eigenvalue weighted by Crippen LogP contribution is -2.42. The van der Waals surface area contributed by atoms with E-state index in [1.54, 1.807) is 12.4 Å². The molecule has 0 aliphatic heterocycles. The molecule has 0 aromatic carbocycles. The number of hydrogen-bond donors (Lipinski definition) is 3. The van der Waals surface area contributed by atoms with Crippen molar-refractivity contribution in [2.75, 3.05) is 13.1 Å². The minimum atomic E-state index is 0.660. The molecule has 0 unspecified atom stereocenters. The second-order valence-electron chi connectivity index (χ2n) is 3.76. The molecule has 0 fully saturated rings. The van der Waals surface area contributed by atoms with Gasteiger partial charge in [-0.05, 0) is 30.5 Å². The second kappa shape index (κ2) is 8.52. The Morgan fingerprint density at radius 3 is 2.82 bits per heavy atom. The van der Waals surface area contributed by atoms with Crippen LogP contribution in [0.25, 0.3) is 0 Å².